The highest BCUT2D eigenvalue weighted by molar-refractivity contribution is 5.87. The molecule has 2 N–H and O–H groups in total. The van der Waals surface area contributed by atoms with Crippen LogP contribution in [0.5, 0.6) is 0 Å². The van der Waals surface area contributed by atoms with Crippen molar-refractivity contribution < 1.29 is 14.1 Å². The van der Waals surface area contributed by atoms with E-state index >= 15 is 0 Å². The second-order valence-corrected chi connectivity index (χ2v) is 4.89. The average molecular weight is 306 g/mol. The molecule has 2 heterocycles. The molecule has 2 amide bonds. The fraction of sp³-hybridized carbons (Fsp3) is 0.462. The molecule has 0 aliphatic heterocycles. The molecule has 0 aliphatic rings. The zero-order valence-corrected chi connectivity index (χ0v) is 12.7. The highest BCUT2D eigenvalue weighted by Gasteiger charge is 2.10. The molecular formula is C13H18N6O3. The van der Waals surface area contributed by atoms with Crippen LogP contribution in [0.2, 0.25) is 0 Å². The van der Waals surface area contributed by atoms with Gasteiger partial charge in [0.15, 0.2) is 5.82 Å². The first-order valence-electron chi connectivity index (χ1n) is 6.82. The van der Waals surface area contributed by atoms with Crippen LogP contribution in [0.4, 0.5) is 5.82 Å². The summed E-state index contributed by atoms with van der Waals surface area (Å²) in [5.41, 5.74) is 1.84. The van der Waals surface area contributed by atoms with Gasteiger partial charge in [0, 0.05) is 19.0 Å². The number of nitrogens with zero attached hydrogens (tertiary/aromatic N) is 4. The summed E-state index contributed by atoms with van der Waals surface area (Å²) in [7, 11) is 0. The number of rotatable bonds is 6. The van der Waals surface area contributed by atoms with E-state index in [1.54, 1.807) is 0 Å². The number of carbonyl (C=O) groups is 2. The number of amides is 2. The van der Waals surface area contributed by atoms with Crippen LogP contribution in [0, 0.1) is 13.8 Å². The monoisotopic (exact) mass is 306 g/mol. The van der Waals surface area contributed by atoms with Crippen molar-refractivity contribution in [3.8, 4) is 0 Å². The molecule has 0 radical (unpaired) electrons. The quantitative estimate of drug-likeness (QED) is 0.788. The average Bonchev–Trinajstić information content (AvgIpc) is 2.98. The molecule has 9 heteroatoms. The van der Waals surface area contributed by atoms with Crippen LogP contribution in [0.1, 0.15) is 23.9 Å². The molecule has 2 rings (SSSR count). The Bertz CT molecular complexity index is 656. The summed E-state index contributed by atoms with van der Waals surface area (Å²) in [6.45, 7) is 5.60. The maximum absolute atomic E-state index is 11.8. The largest absolute Gasteiger partial charge is 0.361 e. The molecule has 0 bridgehead atoms. The molecule has 0 fully saturated rings. The van der Waals surface area contributed by atoms with Crippen molar-refractivity contribution in [2.45, 2.75) is 33.7 Å². The first-order chi connectivity index (χ1) is 10.5. The minimum atomic E-state index is -0.240. The van der Waals surface area contributed by atoms with Crippen LogP contribution in [0.3, 0.4) is 0 Å². The summed E-state index contributed by atoms with van der Waals surface area (Å²) >= 11 is 0. The molecule has 0 saturated heterocycles. The third-order valence-electron chi connectivity index (χ3n) is 3.03. The first-order valence-corrected chi connectivity index (χ1v) is 6.82. The highest BCUT2D eigenvalue weighted by atomic mass is 16.5. The maximum atomic E-state index is 11.8. The Morgan fingerprint density at radius 1 is 1.36 bits per heavy atom. The Morgan fingerprint density at radius 2 is 2.14 bits per heavy atom. The normalized spacial score (nSPS) is 10.5. The molecule has 0 aliphatic carbocycles. The molecule has 2 aromatic rings. The second kappa shape index (κ2) is 6.83. The third kappa shape index (κ3) is 4.14. The molecule has 0 saturated carbocycles. The van der Waals surface area contributed by atoms with Gasteiger partial charge in [0.25, 0.3) is 0 Å². The van der Waals surface area contributed by atoms with Gasteiger partial charge in [-0.2, -0.15) is 0 Å². The number of anilines is 1. The van der Waals surface area contributed by atoms with Crippen LogP contribution >= 0.6 is 0 Å². The Labute approximate surface area is 127 Å². The van der Waals surface area contributed by atoms with Gasteiger partial charge in [0.05, 0.1) is 11.9 Å². The van der Waals surface area contributed by atoms with Gasteiger partial charge in [-0.05, 0) is 20.3 Å². The zero-order valence-electron chi connectivity index (χ0n) is 12.7. The van der Waals surface area contributed by atoms with Gasteiger partial charge in [-0.1, -0.05) is 10.4 Å². The van der Waals surface area contributed by atoms with Crippen molar-refractivity contribution in [1.29, 1.82) is 0 Å². The number of aryl methyl sites for hydroxylation is 2. The van der Waals surface area contributed by atoms with Crippen LogP contribution in [0.25, 0.3) is 0 Å². The lowest BCUT2D eigenvalue weighted by Crippen LogP contribution is -2.29. The van der Waals surface area contributed by atoms with Gasteiger partial charge in [-0.3, -0.25) is 9.59 Å². The van der Waals surface area contributed by atoms with E-state index in [-0.39, 0.29) is 18.4 Å². The number of aromatic nitrogens is 4. The minimum Gasteiger partial charge on any atom is -0.361 e. The third-order valence-corrected chi connectivity index (χ3v) is 3.03. The summed E-state index contributed by atoms with van der Waals surface area (Å²) in [5, 5.41) is 16.6. The molecule has 0 unspecified atom stereocenters. The standard InChI is InChI=1S/C13H18N6O3/c1-8-11(9(2)22-17-8)4-5-14-13(21)7-19-6-12(16-18-19)15-10(3)20/h6H,4-5,7H2,1-3H3,(H,14,21)(H,15,20). The zero-order chi connectivity index (χ0) is 16.1. The van der Waals surface area contributed by atoms with E-state index in [0.29, 0.717) is 18.8 Å². The molecular weight excluding hydrogens is 288 g/mol. The summed E-state index contributed by atoms with van der Waals surface area (Å²) in [4.78, 5) is 22.7. The molecule has 0 aromatic carbocycles. The molecule has 118 valence electrons. The van der Waals surface area contributed by atoms with Crippen LogP contribution in [-0.2, 0) is 22.6 Å². The van der Waals surface area contributed by atoms with Crippen LogP contribution in [-0.4, -0.2) is 38.5 Å². The first kappa shape index (κ1) is 15.7. The highest BCUT2D eigenvalue weighted by Crippen LogP contribution is 2.11. The molecule has 2 aromatic heterocycles. The van der Waals surface area contributed by atoms with Gasteiger partial charge >= 0.3 is 0 Å². The lowest BCUT2D eigenvalue weighted by Gasteiger charge is -2.04. The smallest absolute Gasteiger partial charge is 0.241 e. The maximum Gasteiger partial charge on any atom is 0.241 e. The Hall–Kier alpha value is -2.71. The van der Waals surface area contributed by atoms with Crippen molar-refractivity contribution in [1.82, 2.24) is 25.5 Å². The summed E-state index contributed by atoms with van der Waals surface area (Å²) in [5.74, 6) is 0.654. The summed E-state index contributed by atoms with van der Waals surface area (Å²) < 4.78 is 6.42. The van der Waals surface area contributed by atoms with Crippen molar-refractivity contribution in [3.63, 3.8) is 0 Å². The van der Waals surface area contributed by atoms with E-state index in [1.807, 2.05) is 13.8 Å². The van der Waals surface area contributed by atoms with Crippen LogP contribution in [0.15, 0.2) is 10.7 Å². The van der Waals surface area contributed by atoms with Crippen molar-refractivity contribution in [2.75, 3.05) is 11.9 Å². The molecule has 22 heavy (non-hydrogen) atoms. The Kier molecular flexibility index (Phi) is 4.87. The van der Waals surface area contributed by atoms with Gasteiger partial charge in [0.1, 0.15) is 12.3 Å². The lowest BCUT2D eigenvalue weighted by molar-refractivity contribution is -0.121. The SMILES string of the molecule is CC(=O)Nc1cn(CC(=O)NCCc2c(C)noc2C)nn1. The predicted molar refractivity (Wildman–Crippen MR) is 77.0 cm³/mol. The van der Waals surface area contributed by atoms with Crippen molar-refractivity contribution in [3.05, 3.63) is 23.2 Å². The van der Waals surface area contributed by atoms with E-state index in [9.17, 15) is 9.59 Å². The van der Waals surface area contributed by atoms with E-state index in [2.05, 4.69) is 26.1 Å². The van der Waals surface area contributed by atoms with Crippen molar-refractivity contribution in [2.24, 2.45) is 0 Å². The fourth-order valence-corrected chi connectivity index (χ4v) is 2.00. The number of nitrogens with one attached hydrogen (secondary N) is 2. The van der Waals surface area contributed by atoms with Crippen LogP contribution < -0.4 is 10.6 Å². The fourth-order valence-electron chi connectivity index (χ4n) is 2.00. The molecule has 0 spiro atoms. The van der Waals surface area contributed by atoms with E-state index in [0.717, 1.165) is 17.0 Å². The topological polar surface area (TPSA) is 115 Å². The number of hydrogen-bond acceptors (Lipinski definition) is 6. The minimum absolute atomic E-state index is 0.0359. The Morgan fingerprint density at radius 3 is 2.77 bits per heavy atom. The summed E-state index contributed by atoms with van der Waals surface area (Å²) in [6, 6.07) is 0. The molecule has 0 atom stereocenters. The lowest BCUT2D eigenvalue weighted by atomic mass is 10.1. The van der Waals surface area contributed by atoms with E-state index in [4.69, 9.17) is 4.52 Å². The summed E-state index contributed by atoms with van der Waals surface area (Å²) in [6.07, 6.45) is 2.15. The second-order valence-electron chi connectivity index (χ2n) is 4.89. The van der Waals surface area contributed by atoms with E-state index < -0.39 is 0 Å². The van der Waals surface area contributed by atoms with Crippen molar-refractivity contribution >= 4 is 17.6 Å². The molecule has 9 nitrogen and oxygen atoms in total. The number of hydrogen-bond donors (Lipinski definition) is 2. The van der Waals surface area contributed by atoms with Gasteiger partial charge in [-0.25, -0.2) is 4.68 Å². The number of carbonyl (C=O) groups excluding carboxylic acids is 2. The van der Waals surface area contributed by atoms with E-state index in [1.165, 1.54) is 17.8 Å². The van der Waals surface area contributed by atoms with Gasteiger partial charge in [0.2, 0.25) is 11.8 Å². The predicted octanol–water partition coefficient (Wildman–Crippen LogP) is 0.200. The Balaban J connectivity index is 1.78. The van der Waals surface area contributed by atoms with Gasteiger partial charge in [-0.15, -0.1) is 5.10 Å². The van der Waals surface area contributed by atoms with Gasteiger partial charge < -0.3 is 15.2 Å².